The third-order valence-corrected chi connectivity index (χ3v) is 4.29. The van der Waals surface area contributed by atoms with Gasteiger partial charge < -0.3 is 10.6 Å². The van der Waals surface area contributed by atoms with Crippen molar-refractivity contribution < 1.29 is 13.2 Å². The minimum Gasteiger partial charge on any atom is -0.352 e. The van der Waals surface area contributed by atoms with Gasteiger partial charge in [0.25, 0.3) is 5.91 Å². The first kappa shape index (κ1) is 16.8. The van der Waals surface area contributed by atoms with E-state index in [9.17, 15) is 13.2 Å². The molecular formula is C15H23N3O3S. The molecular weight excluding hydrogens is 302 g/mol. The maximum atomic E-state index is 12.2. The van der Waals surface area contributed by atoms with E-state index >= 15 is 0 Å². The van der Waals surface area contributed by atoms with E-state index in [-0.39, 0.29) is 5.91 Å². The van der Waals surface area contributed by atoms with Crippen LogP contribution in [0.25, 0.3) is 0 Å². The number of carbonyl (C=O) groups excluding carboxylic acids is 1. The van der Waals surface area contributed by atoms with Crippen molar-refractivity contribution in [2.45, 2.75) is 19.3 Å². The first-order valence-corrected chi connectivity index (χ1v) is 9.40. The van der Waals surface area contributed by atoms with Gasteiger partial charge in [-0.25, -0.2) is 8.42 Å². The van der Waals surface area contributed by atoms with E-state index < -0.39 is 10.0 Å². The summed E-state index contributed by atoms with van der Waals surface area (Å²) in [5, 5.41) is 6.22. The minimum absolute atomic E-state index is 0.254. The highest BCUT2D eigenvalue weighted by Gasteiger charge is 2.15. The second kappa shape index (κ2) is 7.60. The number of hydrogen-bond acceptors (Lipinski definition) is 4. The van der Waals surface area contributed by atoms with Crippen LogP contribution in [0.5, 0.6) is 0 Å². The minimum atomic E-state index is -3.41. The van der Waals surface area contributed by atoms with Crippen molar-refractivity contribution in [3.8, 4) is 0 Å². The number of piperidine rings is 1. The van der Waals surface area contributed by atoms with Crippen LogP contribution in [0, 0.1) is 5.92 Å². The number of benzene rings is 1. The van der Waals surface area contributed by atoms with Gasteiger partial charge in [0.15, 0.2) is 0 Å². The Balaban J connectivity index is 1.91. The van der Waals surface area contributed by atoms with E-state index in [1.165, 1.54) is 12.8 Å². The molecule has 0 radical (unpaired) electrons. The van der Waals surface area contributed by atoms with Crippen LogP contribution in [0.4, 0.5) is 5.69 Å². The number of hydrogen-bond donors (Lipinski definition) is 3. The Kier molecular flexibility index (Phi) is 5.79. The average molecular weight is 325 g/mol. The predicted octanol–water partition coefficient (Wildman–Crippen LogP) is 1.18. The van der Waals surface area contributed by atoms with Gasteiger partial charge in [0, 0.05) is 6.54 Å². The normalized spacial score (nSPS) is 18.7. The molecule has 2 rings (SSSR count). The molecule has 1 fully saturated rings. The van der Waals surface area contributed by atoms with Crippen LogP contribution >= 0.6 is 0 Å². The molecule has 0 bridgehead atoms. The molecule has 7 heteroatoms. The highest BCUT2D eigenvalue weighted by Crippen LogP contribution is 2.17. The van der Waals surface area contributed by atoms with Gasteiger partial charge in [-0.1, -0.05) is 12.1 Å². The quantitative estimate of drug-likeness (QED) is 0.733. The van der Waals surface area contributed by atoms with E-state index in [1.807, 2.05) is 0 Å². The second-order valence-corrected chi connectivity index (χ2v) is 7.43. The summed E-state index contributed by atoms with van der Waals surface area (Å²) in [5.74, 6) is 0.342. The van der Waals surface area contributed by atoms with E-state index in [0.29, 0.717) is 23.7 Å². The number of para-hydroxylation sites is 1. The topological polar surface area (TPSA) is 87.3 Å². The Labute approximate surface area is 131 Å². The monoisotopic (exact) mass is 325 g/mol. The molecule has 1 aromatic carbocycles. The van der Waals surface area contributed by atoms with Crippen LogP contribution in [0.3, 0.4) is 0 Å². The largest absolute Gasteiger partial charge is 0.352 e. The van der Waals surface area contributed by atoms with E-state index in [1.54, 1.807) is 24.3 Å². The fourth-order valence-electron chi connectivity index (χ4n) is 2.63. The Morgan fingerprint density at radius 1 is 1.36 bits per heavy atom. The molecule has 3 N–H and O–H groups in total. The number of rotatable bonds is 6. The fourth-order valence-corrected chi connectivity index (χ4v) is 3.20. The molecule has 1 aliphatic heterocycles. The Morgan fingerprint density at radius 2 is 2.14 bits per heavy atom. The highest BCUT2D eigenvalue weighted by atomic mass is 32.2. The summed E-state index contributed by atoms with van der Waals surface area (Å²) >= 11 is 0. The highest BCUT2D eigenvalue weighted by molar-refractivity contribution is 7.92. The molecule has 22 heavy (non-hydrogen) atoms. The van der Waals surface area contributed by atoms with Crippen LogP contribution in [0.15, 0.2) is 24.3 Å². The number of carbonyl (C=O) groups is 1. The maximum absolute atomic E-state index is 12.2. The molecule has 1 heterocycles. The zero-order valence-electron chi connectivity index (χ0n) is 12.8. The molecule has 1 saturated heterocycles. The molecule has 1 amide bonds. The van der Waals surface area contributed by atoms with Crippen LogP contribution in [0.1, 0.15) is 29.6 Å². The lowest BCUT2D eigenvalue weighted by atomic mass is 9.96. The molecule has 0 saturated carbocycles. The van der Waals surface area contributed by atoms with Crippen molar-refractivity contribution in [3.63, 3.8) is 0 Å². The number of nitrogens with one attached hydrogen (secondary N) is 3. The van der Waals surface area contributed by atoms with Gasteiger partial charge in [-0.2, -0.15) is 0 Å². The lowest BCUT2D eigenvalue weighted by Gasteiger charge is -2.22. The molecule has 0 spiro atoms. The van der Waals surface area contributed by atoms with Crippen molar-refractivity contribution in [1.29, 1.82) is 0 Å². The summed E-state index contributed by atoms with van der Waals surface area (Å²) < 4.78 is 25.1. The van der Waals surface area contributed by atoms with Gasteiger partial charge in [-0.3, -0.25) is 9.52 Å². The fraction of sp³-hybridized carbons (Fsp3) is 0.533. The third kappa shape index (κ3) is 5.31. The lowest BCUT2D eigenvalue weighted by Crippen LogP contribution is -2.33. The van der Waals surface area contributed by atoms with Crippen molar-refractivity contribution in [1.82, 2.24) is 10.6 Å². The van der Waals surface area contributed by atoms with Crippen LogP contribution < -0.4 is 15.4 Å². The summed E-state index contributed by atoms with van der Waals surface area (Å²) in [6.45, 7) is 2.67. The molecule has 0 aromatic heterocycles. The van der Waals surface area contributed by atoms with Gasteiger partial charge in [0.05, 0.1) is 17.5 Å². The molecule has 122 valence electrons. The van der Waals surface area contributed by atoms with Crippen molar-refractivity contribution in [2.24, 2.45) is 5.92 Å². The maximum Gasteiger partial charge on any atom is 0.253 e. The number of amides is 1. The number of anilines is 1. The zero-order valence-corrected chi connectivity index (χ0v) is 13.6. The summed E-state index contributed by atoms with van der Waals surface area (Å²) in [4.78, 5) is 12.2. The molecule has 0 aliphatic carbocycles. The standard InChI is InChI=1S/C15H23N3O3S/c1-22(20,21)18-14-7-3-2-6-13(14)15(19)17-10-8-12-5-4-9-16-11-12/h2-3,6-7,12,16,18H,4-5,8-11H2,1H3,(H,17,19). The summed E-state index contributed by atoms with van der Waals surface area (Å²) in [5.41, 5.74) is 0.650. The van der Waals surface area contributed by atoms with Gasteiger partial charge >= 0.3 is 0 Å². The molecule has 1 aromatic rings. The lowest BCUT2D eigenvalue weighted by molar-refractivity contribution is 0.0951. The Hall–Kier alpha value is -1.60. The van der Waals surface area contributed by atoms with Crippen LogP contribution in [-0.4, -0.2) is 40.2 Å². The second-order valence-electron chi connectivity index (χ2n) is 5.68. The van der Waals surface area contributed by atoms with Gasteiger partial charge in [0.2, 0.25) is 10.0 Å². The average Bonchev–Trinajstić information content (AvgIpc) is 2.47. The smallest absolute Gasteiger partial charge is 0.253 e. The molecule has 1 unspecified atom stereocenters. The van der Waals surface area contributed by atoms with Crippen molar-refractivity contribution in [3.05, 3.63) is 29.8 Å². The summed E-state index contributed by atoms with van der Waals surface area (Å²) in [6.07, 6.45) is 4.37. The van der Waals surface area contributed by atoms with Crippen LogP contribution in [-0.2, 0) is 10.0 Å². The predicted molar refractivity (Wildman–Crippen MR) is 87.5 cm³/mol. The van der Waals surface area contributed by atoms with E-state index in [0.717, 1.165) is 25.8 Å². The van der Waals surface area contributed by atoms with Crippen molar-refractivity contribution >= 4 is 21.6 Å². The van der Waals surface area contributed by atoms with Gasteiger partial charge in [-0.15, -0.1) is 0 Å². The first-order valence-electron chi connectivity index (χ1n) is 7.51. The zero-order chi connectivity index (χ0) is 16.0. The molecule has 1 aliphatic rings. The third-order valence-electron chi connectivity index (χ3n) is 3.70. The van der Waals surface area contributed by atoms with Crippen LogP contribution in [0.2, 0.25) is 0 Å². The van der Waals surface area contributed by atoms with Gasteiger partial charge in [0.1, 0.15) is 0 Å². The molecule has 6 nitrogen and oxygen atoms in total. The Morgan fingerprint density at radius 3 is 2.82 bits per heavy atom. The van der Waals surface area contributed by atoms with E-state index in [2.05, 4.69) is 15.4 Å². The first-order chi connectivity index (χ1) is 10.5. The van der Waals surface area contributed by atoms with E-state index in [4.69, 9.17) is 0 Å². The summed E-state index contributed by atoms with van der Waals surface area (Å²) in [7, 11) is -3.41. The van der Waals surface area contributed by atoms with Crippen molar-refractivity contribution in [2.75, 3.05) is 30.6 Å². The molecule has 1 atom stereocenters. The Bertz CT molecular complexity index is 610. The number of sulfonamides is 1. The van der Waals surface area contributed by atoms with Gasteiger partial charge in [-0.05, 0) is 50.4 Å². The summed E-state index contributed by atoms with van der Waals surface area (Å²) in [6, 6.07) is 6.61. The SMILES string of the molecule is CS(=O)(=O)Nc1ccccc1C(=O)NCCC1CCCNC1.